The van der Waals surface area contributed by atoms with Gasteiger partial charge in [-0.3, -0.25) is 4.79 Å². The molecule has 0 bridgehead atoms. The Morgan fingerprint density at radius 2 is 2.10 bits per heavy atom. The van der Waals surface area contributed by atoms with E-state index in [1.54, 1.807) is 24.3 Å². The fourth-order valence-corrected chi connectivity index (χ4v) is 3.58. The van der Waals surface area contributed by atoms with E-state index in [1.165, 1.54) is 7.11 Å². The standard InChI is InChI=1S/C24H31N3O4/c1-5-8-27-16(2)9-20(17(27)3)12-21(13-25)24(30)26-14-19(15-28)10-18-6-7-23(31-4)22(29)11-18/h6-7,9,11-12,19,28-29H,5,8,10,14-15H2,1-4H3,(H,26,30)/b21-12+. The monoisotopic (exact) mass is 425 g/mol. The van der Waals surface area contributed by atoms with Crippen molar-refractivity contribution >= 4 is 12.0 Å². The van der Waals surface area contributed by atoms with E-state index in [2.05, 4.69) is 16.8 Å². The molecule has 0 saturated heterocycles. The van der Waals surface area contributed by atoms with E-state index in [0.717, 1.165) is 35.5 Å². The Labute approximate surface area is 183 Å². The molecule has 1 atom stereocenters. The van der Waals surface area contributed by atoms with Gasteiger partial charge in [0.25, 0.3) is 5.91 Å². The second-order valence-electron chi connectivity index (χ2n) is 7.62. The number of rotatable bonds is 10. The topological polar surface area (TPSA) is 108 Å². The largest absolute Gasteiger partial charge is 0.504 e. The van der Waals surface area contributed by atoms with E-state index in [4.69, 9.17) is 4.74 Å². The fourth-order valence-electron chi connectivity index (χ4n) is 3.58. The summed E-state index contributed by atoms with van der Waals surface area (Å²) in [7, 11) is 1.47. The van der Waals surface area contributed by atoms with Gasteiger partial charge in [-0.05, 0) is 62.1 Å². The number of nitriles is 1. The van der Waals surface area contributed by atoms with E-state index in [1.807, 2.05) is 26.0 Å². The van der Waals surface area contributed by atoms with Crippen molar-refractivity contribution in [2.75, 3.05) is 20.3 Å². The van der Waals surface area contributed by atoms with Crippen LogP contribution in [0.5, 0.6) is 11.5 Å². The zero-order valence-corrected chi connectivity index (χ0v) is 18.6. The predicted octanol–water partition coefficient (Wildman–Crippen LogP) is 3.10. The lowest BCUT2D eigenvalue weighted by Gasteiger charge is -2.16. The van der Waals surface area contributed by atoms with Crippen molar-refractivity contribution in [1.82, 2.24) is 9.88 Å². The normalized spacial score (nSPS) is 12.3. The molecule has 0 spiro atoms. The molecule has 0 aliphatic carbocycles. The van der Waals surface area contributed by atoms with Gasteiger partial charge in [0.05, 0.1) is 7.11 Å². The number of carbonyl (C=O) groups is 1. The minimum atomic E-state index is -0.473. The molecule has 0 aliphatic heterocycles. The van der Waals surface area contributed by atoms with Gasteiger partial charge in [-0.2, -0.15) is 5.26 Å². The molecule has 7 heteroatoms. The zero-order valence-electron chi connectivity index (χ0n) is 18.6. The lowest BCUT2D eigenvalue weighted by atomic mass is 9.99. The van der Waals surface area contributed by atoms with Crippen LogP contribution in [0.4, 0.5) is 0 Å². The molecule has 2 aromatic rings. The number of aliphatic hydroxyl groups excluding tert-OH is 1. The summed E-state index contributed by atoms with van der Waals surface area (Å²) in [5, 5.41) is 31.9. The number of phenolic OH excluding ortho intramolecular Hbond substituents is 1. The number of methoxy groups -OCH3 is 1. The lowest BCUT2D eigenvalue weighted by Crippen LogP contribution is -2.32. The highest BCUT2D eigenvalue weighted by Crippen LogP contribution is 2.27. The van der Waals surface area contributed by atoms with Gasteiger partial charge >= 0.3 is 0 Å². The van der Waals surface area contributed by atoms with Crippen molar-refractivity contribution in [2.45, 2.75) is 40.2 Å². The highest BCUT2D eigenvalue weighted by Gasteiger charge is 2.16. The quantitative estimate of drug-likeness (QED) is 0.400. The summed E-state index contributed by atoms with van der Waals surface area (Å²) in [6, 6.07) is 8.99. The summed E-state index contributed by atoms with van der Waals surface area (Å²) in [6.45, 7) is 7.04. The number of nitrogens with zero attached hydrogens (tertiary/aromatic N) is 2. The highest BCUT2D eigenvalue weighted by atomic mass is 16.5. The van der Waals surface area contributed by atoms with Crippen molar-refractivity contribution in [3.05, 3.63) is 52.4 Å². The molecular formula is C24H31N3O4. The molecule has 0 fully saturated rings. The molecule has 0 aliphatic rings. The minimum absolute atomic E-state index is 0.0236. The number of benzene rings is 1. The molecule has 3 N–H and O–H groups in total. The first-order valence-electron chi connectivity index (χ1n) is 10.4. The van der Waals surface area contributed by atoms with E-state index in [0.29, 0.717) is 12.2 Å². The van der Waals surface area contributed by atoms with Gasteiger partial charge in [-0.15, -0.1) is 0 Å². The zero-order chi connectivity index (χ0) is 23.0. The molecule has 0 saturated carbocycles. The molecule has 2 rings (SSSR count). The number of aromatic hydroxyl groups is 1. The second kappa shape index (κ2) is 11.2. The number of aryl methyl sites for hydroxylation is 1. The highest BCUT2D eigenvalue weighted by molar-refractivity contribution is 6.01. The summed E-state index contributed by atoms with van der Waals surface area (Å²) < 4.78 is 7.21. The summed E-state index contributed by atoms with van der Waals surface area (Å²) >= 11 is 0. The Hall–Kier alpha value is -3.24. The van der Waals surface area contributed by atoms with Gasteiger partial charge < -0.3 is 24.8 Å². The maximum Gasteiger partial charge on any atom is 0.261 e. The maximum atomic E-state index is 12.6. The molecule has 1 unspecified atom stereocenters. The van der Waals surface area contributed by atoms with Gasteiger partial charge in [-0.25, -0.2) is 0 Å². The van der Waals surface area contributed by atoms with Crippen LogP contribution < -0.4 is 10.1 Å². The van der Waals surface area contributed by atoms with Crippen molar-refractivity contribution in [2.24, 2.45) is 5.92 Å². The Bertz CT molecular complexity index is 985. The molecule has 1 aromatic heterocycles. The van der Waals surface area contributed by atoms with E-state index in [-0.39, 0.29) is 30.4 Å². The Morgan fingerprint density at radius 1 is 1.35 bits per heavy atom. The summed E-state index contributed by atoms with van der Waals surface area (Å²) in [4.78, 5) is 12.6. The number of ether oxygens (including phenoxy) is 1. The number of aliphatic hydroxyl groups is 1. The average Bonchev–Trinajstić information content (AvgIpc) is 3.02. The van der Waals surface area contributed by atoms with Crippen LogP contribution in [0, 0.1) is 31.1 Å². The molecule has 31 heavy (non-hydrogen) atoms. The van der Waals surface area contributed by atoms with Crippen molar-refractivity contribution in [3.63, 3.8) is 0 Å². The Balaban J connectivity index is 2.06. The number of nitrogens with one attached hydrogen (secondary N) is 1. The minimum Gasteiger partial charge on any atom is -0.504 e. The van der Waals surface area contributed by atoms with E-state index >= 15 is 0 Å². The van der Waals surface area contributed by atoms with E-state index < -0.39 is 5.91 Å². The summed E-state index contributed by atoms with van der Waals surface area (Å²) in [6.07, 6.45) is 3.07. The van der Waals surface area contributed by atoms with Gasteiger partial charge in [0.15, 0.2) is 11.5 Å². The smallest absolute Gasteiger partial charge is 0.261 e. The number of aromatic nitrogens is 1. The molecule has 1 amide bonds. The molecule has 166 valence electrons. The van der Waals surface area contributed by atoms with Crippen LogP contribution >= 0.6 is 0 Å². The van der Waals surface area contributed by atoms with Gasteiger partial charge in [0.1, 0.15) is 11.6 Å². The molecule has 1 aromatic carbocycles. The van der Waals surface area contributed by atoms with Gasteiger partial charge in [0.2, 0.25) is 0 Å². The summed E-state index contributed by atoms with van der Waals surface area (Å²) in [5.41, 5.74) is 3.80. The number of hydrogen-bond acceptors (Lipinski definition) is 5. The van der Waals surface area contributed by atoms with Crippen LogP contribution in [0.1, 0.15) is 35.9 Å². The predicted molar refractivity (Wildman–Crippen MR) is 120 cm³/mol. The number of amides is 1. The first-order valence-corrected chi connectivity index (χ1v) is 10.4. The molecule has 1 heterocycles. The van der Waals surface area contributed by atoms with Crippen LogP contribution in [-0.2, 0) is 17.8 Å². The van der Waals surface area contributed by atoms with Crippen LogP contribution in [0.2, 0.25) is 0 Å². The van der Waals surface area contributed by atoms with Gasteiger partial charge in [0, 0.05) is 37.0 Å². The van der Waals surface area contributed by atoms with Crippen molar-refractivity contribution in [3.8, 4) is 17.6 Å². The summed E-state index contributed by atoms with van der Waals surface area (Å²) in [5.74, 6) is -0.332. The number of hydrogen-bond donors (Lipinski definition) is 3. The maximum absolute atomic E-state index is 12.6. The fraction of sp³-hybridized carbons (Fsp3) is 0.417. The van der Waals surface area contributed by atoms with Crippen molar-refractivity contribution in [1.29, 1.82) is 5.26 Å². The Morgan fingerprint density at radius 3 is 2.68 bits per heavy atom. The molecular weight excluding hydrogens is 394 g/mol. The van der Waals surface area contributed by atoms with Gasteiger partial charge in [-0.1, -0.05) is 13.0 Å². The third kappa shape index (κ3) is 6.12. The molecule has 7 nitrogen and oxygen atoms in total. The van der Waals surface area contributed by atoms with Crippen LogP contribution in [0.3, 0.4) is 0 Å². The third-order valence-electron chi connectivity index (χ3n) is 5.30. The Kier molecular flexibility index (Phi) is 8.71. The average molecular weight is 426 g/mol. The van der Waals surface area contributed by atoms with Crippen LogP contribution in [0.15, 0.2) is 29.8 Å². The first-order chi connectivity index (χ1) is 14.8. The van der Waals surface area contributed by atoms with Crippen molar-refractivity contribution < 1.29 is 19.7 Å². The number of carbonyl (C=O) groups excluding carboxylic acids is 1. The lowest BCUT2D eigenvalue weighted by molar-refractivity contribution is -0.117. The SMILES string of the molecule is CCCn1c(C)cc(/C=C(\C#N)C(=O)NCC(CO)Cc2ccc(OC)c(O)c2)c1C. The third-order valence-corrected chi connectivity index (χ3v) is 5.30. The first kappa shape index (κ1) is 24.0. The second-order valence-corrected chi connectivity index (χ2v) is 7.62. The van der Waals surface area contributed by atoms with Crippen LogP contribution in [0.25, 0.3) is 6.08 Å². The molecule has 0 radical (unpaired) electrons. The van der Waals surface area contributed by atoms with E-state index in [9.17, 15) is 20.3 Å². The number of phenols is 1. The van der Waals surface area contributed by atoms with Crippen LogP contribution in [-0.4, -0.2) is 40.9 Å².